The minimum absolute atomic E-state index is 0.0668. The average molecular weight is 270 g/mol. The van der Waals surface area contributed by atoms with Crippen LogP contribution in [0.4, 0.5) is 14.5 Å². The van der Waals surface area contributed by atoms with Crippen LogP contribution >= 0.6 is 0 Å². The van der Waals surface area contributed by atoms with E-state index in [1.165, 1.54) is 24.3 Å². The smallest absolute Gasteiger partial charge is 0.387 e. The SMILES string of the molecule is CC(NC1CC1)C(=O)Nc1ccc(OC(F)F)cc1. The standard InChI is InChI=1S/C13H16F2N2O2/c1-8(16-9-2-3-9)12(18)17-10-4-6-11(7-5-10)19-13(14)15/h4-9,13,16H,2-3H2,1H3,(H,17,18). The van der Waals surface area contributed by atoms with Gasteiger partial charge in [-0.2, -0.15) is 8.78 Å². The number of anilines is 1. The third kappa shape index (κ3) is 4.48. The van der Waals surface area contributed by atoms with Crippen molar-refractivity contribution in [1.29, 1.82) is 0 Å². The highest BCUT2D eigenvalue weighted by Gasteiger charge is 2.25. The molecule has 0 spiro atoms. The van der Waals surface area contributed by atoms with Gasteiger partial charge in [0.1, 0.15) is 5.75 Å². The van der Waals surface area contributed by atoms with E-state index in [4.69, 9.17) is 0 Å². The minimum Gasteiger partial charge on any atom is -0.435 e. The van der Waals surface area contributed by atoms with Crippen LogP contribution in [0, 0.1) is 0 Å². The van der Waals surface area contributed by atoms with Crippen molar-refractivity contribution in [2.24, 2.45) is 0 Å². The fraction of sp³-hybridized carbons (Fsp3) is 0.462. The van der Waals surface area contributed by atoms with Gasteiger partial charge in [0, 0.05) is 11.7 Å². The molecule has 0 aliphatic heterocycles. The summed E-state index contributed by atoms with van der Waals surface area (Å²) in [7, 11) is 0. The molecular weight excluding hydrogens is 254 g/mol. The van der Waals surface area contributed by atoms with Crippen LogP contribution < -0.4 is 15.4 Å². The van der Waals surface area contributed by atoms with Crippen molar-refractivity contribution < 1.29 is 18.3 Å². The van der Waals surface area contributed by atoms with E-state index in [2.05, 4.69) is 15.4 Å². The van der Waals surface area contributed by atoms with Crippen molar-refractivity contribution in [2.75, 3.05) is 5.32 Å². The number of rotatable bonds is 6. The van der Waals surface area contributed by atoms with Crippen LogP contribution in [0.3, 0.4) is 0 Å². The molecule has 1 saturated carbocycles. The van der Waals surface area contributed by atoms with Gasteiger partial charge in [-0.1, -0.05) is 0 Å². The average Bonchev–Trinajstić information content (AvgIpc) is 3.14. The highest BCUT2D eigenvalue weighted by molar-refractivity contribution is 5.94. The first kappa shape index (κ1) is 13.7. The first-order valence-electron chi connectivity index (χ1n) is 6.16. The molecule has 1 fully saturated rings. The quantitative estimate of drug-likeness (QED) is 0.834. The lowest BCUT2D eigenvalue weighted by Crippen LogP contribution is -2.39. The molecular formula is C13H16F2N2O2. The Morgan fingerprint density at radius 3 is 2.47 bits per heavy atom. The van der Waals surface area contributed by atoms with Crippen LogP contribution in [0.2, 0.25) is 0 Å². The Morgan fingerprint density at radius 2 is 1.95 bits per heavy atom. The second-order valence-corrected chi connectivity index (χ2v) is 4.55. The van der Waals surface area contributed by atoms with E-state index in [-0.39, 0.29) is 17.7 Å². The van der Waals surface area contributed by atoms with E-state index in [1.807, 2.05) is 0 Å². The molecule has 0 bridgehead atoms. The molecule has 1 atom stereocenters. The van der Waals surface area contributed by atoms with Gasteiger partial charge in [0.25, 0.3) is 0 Å². The highest BCUT2D eigenvalue weighted by atomic mass is 19.3. The number of hydrogen-bond donors (Lipinski definition) is 2. The van der Waals surface area contributed by atoms with E-state index in [9.17, 15) is 13.6 Å². The van der Waals surface area contributed by atoms with Crippen LogP contribution in [0.25, 0.3) is 0 Å². The first-order chi connectivity index (χ1) is 9.04. The molecule has 2 rings (SSSR count). The lowest BCUT2D eigenvalue weighted by molar-refractivity contribution is -0.117. The fourth-order valence-corrected chi connectivity index (χ4v) is 1.65. The zero-order valence-corrected chi connectivity index (χ0v) is 10.5. The maximum atomic E-state index is 12.0. The summed E-state index contributed by atoms with van der Waals surface area (Å²) in [4.78, 5) is 11.8. The van der Waals surface area contributed by atoms with Crippen LogP contribution in [0.1, 0.15) is 19.8 Å². The molecule has 0 aromatic heterocycles. The normalized spacial score (nSPS) is 16.2. The van der Waals surface area contributed by atoms with Gasteiger partial charge in [0.2, 0.25) is 5.91 Å². The van der Waals surface area contributed by atoms with E-state index in [0.717, 1.165) is 12.8 Å². The van der Waals surface area contributed by atoms with Gasteiger partial charge in [-0.3, -0.25) is 4.79 Å². The number of nitrogens with one attached hydrogen (secondary N) is 2. The number of amides is 1. The third-order valence-corrected chi connectivity index (χ3v) is 2.80. The van der Waals surface area contributed by atoms with Crippen LogP contribution in [-0.2, 0) is 4.79 Å². The van der Waals surface area contributed by atoms with Crippen LogP contribution in [0.5, 0.6) is 5.75 Å². The maximum Gasteiger partial charge on any atom is 0.387 e. The molecule has 1 amide bonds. The predicted molar refractivity (Wildman–Crippen MR) is 67.3 cm³/mol. The van der Waals surface area contributed by atoms with Gasteiger partial charge >= 0.3 is 6.61 Å². The summed E-state index contributed by atoms with van der Waals surface area (Å²) in [6.07, 6.45) is 2.22. The zero-order valence-electron chi connectivity index (χ0n) is 10.5. The summed E-state index contributed by atoms with van der Waals surface area (Å²) in [6.45, 7) is -1.05. The fourth-order valence-electron chi connectivity index (χ4n) is 1.65. The molecule has 2 N–H and O–H groups in total. The summed E-state index contributed by atoms with van der Waals surface area (Å²) >= 11 is 0. The predicted octanol–water partition coefficient (Wildman–Crippen LogP) is 2.37. The van der Waals surface area contributed by atoms with Gasteiger partial charge in [0.15, 0.2) is 0 Å². The molecule has 19 heavy (non-hydrogen) atoms. The van der Waals surface area contributed by atoms with Crippen molar-refractivity contribution in [2.45, 2.75) is 38.5 Å². The molecule has 0 radical (unpaired) electrons. The van der Waals surface area contributed by atoms with Crippen molar-refractivity contribution in [1.82, 2.24) is 5.32 Å². The number of carbonyl (C=O) groups excluding carboxylic acids is 1. The zero-order chi connectivity index (χ0) is 13.8. The highest BCUT2D eigenvalue weighted by Crippen LogP contribution is 2.20. The van der Waals surface area contributed by atoms with Gasteiger partial charge in [-0.05, 0) is 44.0 Å². The molecule has 0 saturated heterocycles. The monoisotopic (exact) mass is 270 g/mol. The number of carbonyl (C=O) groups is 1. The molecule has 1 unspecified atom stereocenters. The summed E-state index contributed by atoms with van der Waals surface area (Å²) in [5.41, 5.74) is 0.552. The van der Waals surface area contributed by atoms with E-state index in [1.54, 1.807) is 6.92 Å². The lowest BCUT2D eigenvalue weighted by atomic mass is 10.2. The topological polar surface area (TPSA) is 50.4 Å². The van der Waals surface area contributed by atoms with Crippen LogP contribution in [-0.4, -0.2) is 24.6 Å². The van der Waals surface area contributed by atoms with E-state index in [0.29, 0.717) is 11.7 Å². The second-order valence-electron chi connectivity index (χ2n) is 4.55. The number of alkyl halides is 2. The van der Waals surface area contributed by atoms with Crippen molar-refractivity contribution in [3.8, 4) is 5.75 Å². The Hall–Kier alpha value is -1.69. The second kappa shape index (κ2) is 5.97. The molecule has 4 nitrogen and oxygen atoms in total. The van der Waals surface area contributed by atoms with Crippen molar-refractivity contribution in [3.05, 3.63) is 24.3 Å². The Bertz CT molecular complexity index is 433. The van der Waals surface area contributed by atoms with Gasteiger partial charge in [-0.15, -0.1) is 0 Å². The third-order valence-electron chi connectivity index (χ3n) is 2.80. The molecule has 0 heterocycles. The number of ether oxygens (including phenoxy) is 1. The Kier molecular flexibility index (Phi) is 4.31. The van der Waals surface area contributed by atoms with Crippen molar-refractivity contribution in [3.63, 3.8) is 0 Å². The first-order valence-corrected chi connectivity index (χ1v) is 6.16. The number of halogens is 2. The molecule has 1 aliphatic rings. The minimum atomic E-state index is -2.84. The number of hydrogen-bond acceptors (Lipinski definition) is 3. The molecule has 1 aromatic rings. The lowest BCUT2D eigenvalue weighted by Gasteiger charge is -2.13. The number of benzene rings is 1. The summed E-state index contributed by atoms with van der Waals surface area (Å²) in [5.74, 6) is -0.0772. The summed E-state index contributed by atoms with van der Waals surface area (Å²) in [5, 5.41) is 5.89. The van der Waals surface area contributed by atoms with Crippen molar-refractivity contribution >= 4 is 11.6 Å². The maximum absolute atomic E-state index is 12.0. The summed E-state index contributed by atoms with van der Waals surface area (Å²) in [6, 6.07) is 6.01. The van der Waals surface area contributed by atoms with Crippen LogP contribution in [0.15, 0.2) is 24.3 Å². The molecule has 1 aromatic carbocycles. The van der Waals surface area contributed by atoms with Gasteiger partial charge < -0.3 is 15.4 Å². The molecule has 1 aliphatic carbocycles. The Morgan fingerprint density at radius 1 is 1.32 bits per heavy atom. The Labute approximate surface area is 110 Å². The Balaban J connectivity index is 1.85. The molecule has 6 heteroatoms. The van der Waals surface area contributed by atoms with Gasteiger partial charge in [-0.25, -0.2) is 0 Å². The van der Waals surface area contributed by atoms with E-state index >= 15 is 0 Å². The van der Waals surface area contributed by atoms with Gasteiger partial charge in [0.05, 0.1) is 6.04 Å². The largest absolute Gasteiger partial charge is 0.435 e. The van der Waals surface area contributed by atoms with E-state index < -0.39 is 6.61 Å². The molecule has 104 valence electrons. The summed E-state index contributed by atoms with van der Waals surface area (Å²) < 4.78 is 28.2.